The number of carbonyl (C=O) groups is 2. The van der Waals surface area contributed by atoms with Crippen molar-refractivity contribution in [2.24, 2.45) is 5.92 Å². The van der Waals surface area contributed by atoms with E-state index in [0.717, 1.165) is 17.0 Å². The molecule has 2 aliphatic heterocycles. The molecule has 2 aliphatic rings. The van der Waals surface area contributed by atoms with Crippen LogP contribution in [-0.4, -0.2) is 36.1 Å². The molecule has 1 saturated heterocycles. The number of nitrogens with zero attached hydrogens (tertiary/aromatic N) is 2. The van der Waals surface area contributed by atoms with Gasteiger partial charge in [0, 0.05) is 29.4 Å². The SMILES string of the molecule is CC(C)N1C(=O)c2cccnc2Sc2cc(NC(=O)C3CCOC3)ccc21. The Hall–Kier alpha value is -2.38. The average Bonchev–Trinajstić information content (AvgIpc) is 3.15. The van der Waals surface area contributed by atoms with Gasteiger partial charge < -0.3 is 15.0 Å². The van der Waals surface area contributed by atoms with Gasteiger partial charge in [0.15, 0.2) is 0 Å². The van der Waals surface area contributed by atoms with Crippen molar-refractivity contribution in [3.8, 4) is 0 Å². The van der Waals surface area contributed by atoms with Crippen molar-refractivity contribution >= 4 is 35.0 Å². The second-order valence-corrected chi connectivity index (χ2v) is 7.99. The molecule has 0 saturated carbocycles. The van der Waals surface area contributed by atoms with Gasteiger partial charge in [-0.15, -0.1) is 0 Å². The molecule has 0 spiro atoms. The topological polar surface area (TPSA) is 71.5 Å². The van der Waals surface area contributed by atoms with Crippen LogP contribution < -0.4 is 10.2 Å². The van der Waals surface area contributed by atoms with Crippen LogP contribution in [0.4, 0.5) is 11.4 Å². The first-order valence-electron chi connectivity index (χ1n) is 9.03. The number of anilines is 2. The first-order valence-corrected chi connectivity index (χ1v) is 9.85. The molecule has 6 nitrogen and oxygen atoms in total. The molecule has 7 heteroatoms. The van der Waals surface area contributed by atoms with Gasteiger partial charge in [0.25, 0.3) is 5.91 Å². The maximum absolute atomic E-state index is 13.1. The average molecular weight is 383 g/mol. The Kier molecular flexibility index (Phi) is 4.88. The van der Waals surface area contributed by atoms with E-state index in [0.29, 0.717) is 29.5 Å². The minimum absolute atomic E-state index is 0.000847. The molecule has 2 amide bonds. The van der Waals surface area contributed by atoms with E-state index in [1.165, 1.54) is 11.8 Å². The van der Waals surface area contributed by atoms with Crippen molar-refractivity contribution in [3.05, 3.63) is 42.1 Å². The van der Waals surface area contributed by atoms with Crippen molar-refractivity contribution < 1.29 is 14.3 Å². The zero-order valence-corrected chi connectivity index (χ0v) is 16.1. The Morgan fingerprint density at radius 2 is 2.22 bits per heavy atom. The van der Waals surface area contributed by atoms with Crippen LogP contribution in [0, 0.1) is 5.92 Å². The summed E-state index contributed by atoms with van der Waals surface area (Å²) in [7, 11) is 0. The molecule has 3 heterocycles. The third-order valence-corrected chi connectivity index (χ3v) is 5.80. The van der Waals surface area contributed by atoms with E-state index < -0.39 is 0 Å². The van der Waals surface area contributed by atoms with Gasteiger partial charge in [-0.05, 0) is 50.6 Å². The van der Waals surface area contributed by atoms with E-state index in [4.69, 9.17) is 4.74 Å². The van der Waals surface area contributed by atoms with E-state index in [2.05, 4.69) is 10.3 Å². The minimum Gasteiger partial charge on any atom is -0.381 e. The molecule has 1 N–H and O–H groups in total. The van der Waals surface area contributed by atoms with E-state index in [9.17, 15) is 9.59 Å². The van der Waals surface area contributed by atoms with Crippen LogP contribution in [0.5, 0.6) is 0 Å². The molecular weight excluding hydrogens is 362 g/mol. The number of ether oxygens (including phenoxy) is 1. The maximum Gasteiger partial charge on any atom is 0.261 e. The molecule has 2 aromatic rings. The van der Waals surface area contributed by atoms with Gasteiger partial charge in [-0.3, -0.25) is 9.59 Å². The van der Waals surface area contributed by atoms with Crippen molar-refractivity contribution in [3.63, 3.8) is 0 Å². The van der Waals surface area contributed by atoms with Crippen molar-refractivity contribution in [1.82, 2.24) is 4.98 Å². The Morgan fingerprint density at radius 1 is 1.37 bits per heavy atom. The fourth-order valence-electron chi connectivity index (χ4n) is 3.35. The number of rotatable bonds is 3. The highest BCUT2D eigenvalue weighted by atomic mass is 32.2. The lowest BCUT2D eigenvalue weighted by Gasteiger charge is -2.27. The molecule has 140 valence electrons. The number of hydrogen-bond donors (Lipinski definition) is 1. The van der Waals surface area contributed by atoms with Crippen molar-refractivity contribution in [2.75, 3.05) is 23.4 Å². The Balaban J connectivity index is 1.70. The quantitative estimate of drug-likeness (QED) is 0.877. The summed E-state index contributed by atoms with van der Waals surface area (Å²) in [6.07, 6.45) is 2.44. The summed E-state index contributed by atoms with van der Waals surface area (Å²) in [6.45, 7) is 5.08. The highest BCUT2D eigenvalue weighted by Crippen LogP contribution is 2.42. The molecule has 4 rings (SSSR count). The normalized spacial score (nSPS) is 18.9. The second-order valence-electron chi connectivity index (χ2n) is 6.96. The molecule has 1 atom stereocenters. The second kappa shape index (κ2) is 7.32. The molecule has 27 heavy (non-hydrogen) atoms. The summed E-state index contributed by atoms with van der Waals surface area (Å²) in [4.78, 5) is 32.5. The smallest absolute Gasteiger partial charge is 0.261 e. The van der Waals surface area contributed by atoms with Gasteiger partial charge in [-0.2, -0.15) is 0 Å². The molecule has 1 aromatic heterocycles. The lowest BCUT2D eigenvalue weighted by atomic mass is 10.1. The van der Waals surface area contributed by atoms with Gasteiger partial charge in [-0.1, -0.05) is 11.8 Å². The number of aromatic nitrogens is 1. The number of hydrogen-bond acceptors (Lipinski definition) is 5. The number of benzene rings is 1. The molecular formula is C20H21N3O3S. The van der Waals surface area contributed by atoms with Crippen molar-refractivity contribution in [2.45, 2.75) is 36.2 Å². The van der Waals surface area contributed by atoms with Crippen LogP contribution in [0.25, 0.3) is 0 Å². The van der Waals surface area contributed by atoms with Gasteiger partial charge in [0.1, 0.15) is 5.03 Å². The first kappa shape index (κ1) is 18.0. The van der Waals surface area contributed by atoms with Crippen LogP contribution in [-0.2, 0) is 9.53 Å². The summed E-state index contributed by atoms with van der Waals surface area (Å²) in [5.74, 6) is -0.187. The molecule has 0 bridgehead atoms. The fourth-order valence-corrected chi connectivity index (χ4v) is 4.39. The Morgan fingerprint density at radius 3 is 2.96 bits per heavy atom. The summed E-state index contributed by atoms with van der Waals surface area (Å²) in [6, 6.07) is 9.24. The standard InChI is InChI=1S/C20H21N3O3S/c1-12(2)23-16-6-5-14(22-18(24)13-7-9-26-11-13)10-17(16)27-19-15(20(23)25)4-3-8-21-19/h3-6,8,10,12-13H,7,9,11H2,1-2H3,(H,22,24). The Bertz CT molecular complexity index is 894. The fraction of sp³-hybridized carbons (Fsp3) is 0.350. The van der Waals surface area contributed by atoms with Crippen LogP contribution in [0.15, 0.2) is 46.5 Å². The van der Waals surface area contributed by atoms with Crippen molar-refractivity contribution in [1.29, 1.82) is 0 Å². The summed E-state index contributed by atoms with van der Waals surface area (Å²) >= 11 is 1.45. The summed E-state index contributed by atoms with van der Waals surface area (Å²) in [5.41, 5.74) is 2.15. The number of carbonyl (C=O) groups excluding carboxylic acids is 2. The molecule has 1 unspecified atom stereocenters. The molecule has 1 aromatic carbocycles. The molecule has 0 radical (unpaired) electrons. The van der Waals surface area contributed by atoms with E-state index in [1.807, 2.05) is 38.1 Å². The van der Waals surface area contributed by atoms with E-state index >= 15 is 0 Å². The summed E-state index contributed by atoms with van der Waals surface area (Å²) in [5, 5.41) is 3.66. The first-order chi connectivity index (χ1) is 13.0. The van der Waals surface area contributed by atoms with Crippen LogP contribution >= 0.6 is 11.8 Å². The molecule has 0 aliphatic carbocycles. The third kappa shape index (κ3) is 3.44. The largest absolute Gasteiger partial charge is 0.381 e. The van der Waals surface area contributed by atoms with E-state index in [1.54, 1.807) is 17.2 Å². The van der Waals surface area contributed by atoms with Gasteiger partial charge in [-0.25, -0.2) is 4.98 Å². The predicted octanol–water partition coefficient (Wildman–Crippen LogP) is 3.58. The lowest BCUT2D eigenvalue weighted by Crippen LogP contribution is -2.37. The Labute approximate surface area is 162 Å². The highest BCUT2D eigenvalue weighted by Gasteiger charge is 2.30. The predicted molar refractivity (Wildman–Crippen MR) is 104 cm³/mol. The number of amides is 2. The molecule has 1 fully saturated rings. The third-order valence-electron chi connectivity index (χ3n) is 4.73. The maximum atomic E-state index is 13.1. The summed E-state index contributed by atoms with van der Waals surface area (Å²) < 4.78 is 5.30. The van der Waals surface area contributed by atoms with Crippen LogP contribution in [0.3, 0.4) is 0 Å². The van der Waals surface area contributed by atoms with Gasteiger partial charge in [0.2, 0.25) is 5.91 Å². The number of pyridine rings is 1. The van der Waals surface area contributed by atoms with Gasteiger partial charge >= 0.3 is 0 Å². The van der Waals surface area contributed by atoms with E-state index in [-0.39, 0.29) is 23.8 Å². The minimum atomic E-state index is -0.104. The van der Waals surface area contributed by atoms with Crippen LogP contribution in [0.1, 0.15) is 30.6 Å². The zero-order valence-electron chi connectivity index (χ0n) is 15.3. The number of nitrogens with one attached hydrogen (secondary N) is 1. The van der Waals surface area contributed by atoms with Gasteiger partial charge in [0.05, 0.1) is 23.8 Å². The highest BCUT2D eigenvalue weighted by molar-refractivity contribution is 7.99. The number of fused-ring (bicyclic) bond motifs is 2. The van der Waals surface area contributed by atoms with Crippen LogP contribution in [0.2, 0.25) is 0 Å². The monoisotopic (exact) mass is 383 g/mol. The lowest BCUT2D eigenvalue weighted by molar-refractivity contribution is -0.119. The zero-order chi connectivity index (χ0) is 19.0.